The lowest BCUT2D eigenvalue weighted by Crippen LogP contribution is -2.35. The summed E-state index contributed by atoms with van der Waals surface area (Å²) in [6, 6.07) is 9.48. The third kappa shape index (κ3) is 4.63. The van der Waals surface area contributed by atoms with Crippen molar-refractivity contribution in [3.05, 3.63) is 74.0 Å². The van der Waals surface area contributed by atoms with Crippen LogP contribution in [0.25, 0.3) is 11.7 Å². The first kappa shape index (κ1) is 23.7. The molecular formula is C26H25N3O4S2. The average molecular weight is 508 g/mol. The minimum atomic E-state index is -0.317. The zero-order valence-electron chi connectivity index (χ0n) is 19.7. The second kappa shape index (κ2) is 9.56. The number of pyridine rings is 1. The lowest BCUT2D eigenvalue weighted by atomic mass is 10.1. The highest BCUT2D eigenvalue weighted by Gasteiger charge is 2.35. The van der Waals surface area contributed by atoms with Crippen LogP contribution in [-0.4, -0.2) is 43.8 Å². The molecule has 2 aliphatic heterocycles. The molecule has 1 unspecified atom stereocenters. The van der Waals surface area contributed by atoms with Gasteiger partial charge in [-0.3, -0.25) is 18.9 Å². The molecule has 2 aromatic heterocycles. The van der Waals surface area contributed by atoms with Crippen molar-refractivity contribution in [1.29, 1.82) is 0 Å². The molecule has 1 amide bonds. The van der Waals surface area contributed by atoms with Gasteiger partial charge in [-0.25, -0.2) is 0 Å². The minimum Gasteiger partial charge on any atom is -0.438 e. The predicted octanol–water partition coefficient (Wildman–Crippen LogP) is 4.79. The molecule has 0 saturated carbocycles. The van der Waals surface area contributed by atoms with Gasteiger partial charge in [0, 0.05) is 12.8 Å². The van der Waals surface area contributed by atoms with Crippen molar-refractivity contribution in [2.75, 3.05) is 13.2 Å². The Kier molecular flexibility index (Phi) is 6.48. The molecule has 1 atom stereocenters. The van der Waals surface area contributed by atoms with Crippen LogP contribution in [0.3, 0.4) is 0 Å². The predicted molar refractivity (Wildman–Crippen MR) is 141 cm³/mol. The number of carbonyl (C=O) groups excluding carboxylic acids is 1. The van der Waals surface area contributed by atoms with Gasteiger partial charge in [0.1, 0.15) is 21.3 Å². The molecule has 7 nitrogen and oxygen atoms in total. The third-order valence-corrected chi connectivity index (χ3v) is 7.52. The van der Waals surface area contributed by atoms with E-state index >= 15 is 0 Å². The van der Waals surface area contributed by atoms with E-state index in [4.69, 9.17) is 26.7 Å². The van der Waals surface area contributed by atoms with Gasteiger partial charge in [0.25, 0.3) is 11.5 Å². The highest BCUT2D eigenvalue weighted by molar-refractivity contribution is 8.26. The topological polar surface area (TPSA) is 73.1 Å². The van der Waals surface area contributed by atoms with E-state index in [0.29, 0.717) is 33.8 Å². The summed E-state index contributed by atoms with van der Waals surface area (Å²) in [7, 11) is 0. The largest absolute Gasteiger partial charge is 0.438 e. The highest BCUT2D eigenvalue weighted by atomic mass is 32.2. The highest BCUT2D eigenvalue weighted by Crippen LogP contribution is 2.35. The van der Waals surface area contributed by atoms with E-state index in [-0.39, 0.29) is 29.0 Å². The van der Waals surface area contributed by atoms with E-state index in [1.807, 2.05) is 45.0 Å². The SMILES string of the molecule is Cc1ccc(Oc2nc3c(C)cccn3c(=O)c2/C=C2/SC(=S)N(CC3CCCO3)C2=O)c(C)c1. The first-order valence-corrected chi connectivity index (χ1v) is 12.7. The summed E-state index contributed by atoms with van der Waals surface area (Å²) in [5, 5.41) is 0. The van der Waals surface area contributed by atoms with Gasteiger partial charge in [-0.1, -0.05) is 47.7 Å². The average Bonchev–Trinajstić information content (AvgIpc) is 3.43. The molecule has 2 aliphatic rings. The smallest absolute Gasteiger partial charge is 0.269 e. The molecule has 1 aromatic carbocycles. The molecule has 180 valence electrons. The Labute approximate surface area is 212 Å². The minimum absolute atomic E-state index is 0.0174. The van der Waals surface area contributed by atoms with E-state index in [2.05, 4.69) is 0 Å². The lowest BCUT2D eigenvalue weighted by Gasteiger charge is -2.18. The van der Waals surface area contributed by atoms with Crippen molar-refractivity contribution in [2.24, 2.45) is 0 Å². The summed E-state index contributed by atoms with van der Waals surface area (Å²) >= 11 is 6.66. The van der Waals surface area contributed by atoms with Crippen LogP contribution in [0, 0.1) is 20.8 Å². The van der Waals surface area contributed by atoms with Crippen LogP contribution >= 0.6 is 24.0 Å². The molecule has 0 bridgehead atoms. The number of thiocarbonyl (C=S) groups is 1. The van der Waals surface area contributed by atoms with E-state index in [9.17, 15) is 9.59 Å². The van der Waals surface area contributed by atoms with Gasteiger partial charge in [0.15, 0.2) is 0 Å². The standard InChI is InChI=1S/C26H25N3O4S2/c1-15-8-9-20(17(3)12-15)33-23-19(24(30)28-10-4-6-16(2)22(28)27-23)13-21-25(31)29(26(34)35-21)14-18-7-5-11-32-18/h4,6,8-10,12-13,18H,5,7,11,14H2,1-3H3/b21-13+. The Morgan fingerprint density at radius 3 is 2.80 bits per heavy atom. The molecule has 0 N–H and O–H groups in total. The van der Waals surface area contributed by atoms with E-state index in [0.717, 1.165) is 29.5 Å². The molecule has 35 heavy (non-hydrogen) atoms. The van der Waals surface area contributed by atoms with Crippen LogP contribution < -0.4 is 10.3 Å². The molecule has 3 aromatic rings. The first-order chi connectivity index (χ1) is 16.8. The van der Waals surface area contributed by atoms with Crippen LogP contribution in [0.1, 0.15) is 35.1 Å². The Balaban J connectivity index is 1.59. The summed E-state index contributed by atoms with van der Waals surface area (Å²) in [6.45, 7) is 6.95. The van der Waals surface area contributed by atoms with Crippen molar-refractivity contribution in [1.82, 2.24) is 14.3 Å². The van der Waals surface area contributed by atoms with Crippen LogP contribution in [-0.2, 0) is 9.53 Å². The first-order valence-electron chi connectivity index (χ1n) is 11.5. The van der Waals surface area contributed by atoms with Crippen molar-refractivity contribution in [3.8, 4) is 11.6 Å². The number of benzene rings is 1. The molecule has 0 spiro atoms. The van der Waals surface area contributed by atoms with Crippen molar-refractivity contribution >= 4 is 45.9 Å². The van der Waals surface area contributed by atoms with Crippen molar-refractivity contribution < 1.29 is 14.3 Å². The van der Waals surface area contributed by atoms with Crippen molar-refractivity contribution in [3.63, 3.8) is 0 Å². The van der Waals surface area contributed by atoms with Gasteiger partial charge in [-0.05, 0) is 62.9 Å². The van der Waals surface area contributed by atoms with E-state index in [1.54, 1.807) is 23.2 Å². The maximum Gasteiger partial charge on any atom is 0.269 e. The van der Waals surface area contributed by atoms with Gasteiger partial charge >= 0.3 is 0 Å². The van der Waals surface area contributed by atoms with Crippen LogP contribution in [0.4, 0.5) is 0 Å². The third-order valence-electron chi connectivity index (χ3n) is 6.15. The van der Waals surface area contributed by atoms with Gasteiger partial charge in [-0.15, -0.1) is 0 Å². The number of thioether (sulfide) groups is 1. The molecular weight excluding hydrogens is 482 g/mol. The number of amides is 1. The Morgan fingerprint density at radius 2 is 2.06 bits per heavy atom. The second-order valence-corrected chi connectivity index (χ2v) is 10.5. The lowest BCUT2D eigenvalue weighted by molar-refractivity contribution is -0.123. The van der Waals surface area contributed by atoms with Crippen LogP contribution in [0.15, 0.2) is 46.2 Å². The number of aromatic nitrogens is 2. The fraction of sp³-hybridized carbons (Fsp3) is 0.308. The van der Waals surface area contributed by atoms with Gasteiger partial charge in [0.2, 0.25) is 5.88 Å². The number of fused-ring (bicyclic) bond motifs is 1. The van der Waals surface area contributed by atoms with Crippen LogP contribution in [0.5, 0.6) is 11.6 Å². The fourth-order valence-electron chi connectivity index (χ4n) is 4.29. The number of aryl methyl sites for hydroxylation is 3. The maximum atomic E-state index is 13.6. The second-order valence-electron chi connectivity index (χ2n) is 8.82. The summed E-state index contributed by atoms with van der Waals surface area (Å²) in [4.78, 5) is 33.4. The zero-order valence-corrected chi connectivity index (χ0v) is 21.4. The van der Waals surface area contributed by atoms with Crippen molar-refractivity contribution in [2.45, 2.75) is 39.7 Å². The molecule has 5 rings (SSSR count). The molecule has 2 fully saturated rings. The summed E-state index contributed by atoms with van der Waals surface area (Å²) in [5.41, 5.74) is 3.25. The molecule has 9 heteroatoms. The summed E-state index contributed by atoms with van der Waals surface area (Å²) in [6.07, 6.45) is 5.08. The molecule has 2 saturated heterocycles. The molecule has 0 aliphatic carbocycles. The van der Waals surface area contributed by atoms with E-state index < -0.39 is 0 Å². The Hall–Kier alpha value is -3.01. The van der Waals surface area contributed by atoms with Gasteiger partial charge < -0.3 is 9.47 Å². The van der Waals surface area contributed by atoms with E-state index in [1.165, 1.54) is 16.2 Å². The monoisotopic (exact) mass is 507 g/mol. The summed E-state index contributed by atoms with van der Waals surface area (Å²) < 4.78 is 13.8. The number of rotatable bonds is 5. The number of hydrogen-bond acceptors (Lipinski definition) is 7. The number of nitrogens with zero attached hydrogens (tertiary/aromatic N) is 3. The quantitative estimate of drug-likeness (QED) is 0.363. The van der Waals surface area contributed by atoms with Gasteiger partial charge in [-0.2, -0.15) is 4.98 Å². The number of ether oxygens (including phenoxy) is 2. The number of hydrogen-bond donors (Lipinski definition) is 0. The normalized spacial score (nSPS) is 19.3. The van der Waals surface area contributed by atoms with Gasteiger partial charge in [0.05, 0.1) is 17.6 Å². The molecule has 0 radical (unpaired) electrons. The van der Waals surface area contributed by atoms with Crippen LogP contribution in [0.2, 0.25) is 0 Å². The maximum absolute atomic E-state index is 13.6. The Bertz CT molecular complexity index is 1440. The number of carbonyl (C=O) groups is 1. The fourth-order valence-corrected chi connectivity index (χ4v) is 5.55. The molecule has 4 heterocycles. The Morgan fingerprint density at radius 1 is 1.23 bits per heavy atom. The zero-order chi connectivity index (χ0) is 24.7. The summed E-state index contributed by atoms with van der Waals surface area (Å²) in [5.74, 6) is 0.517.